The van der Waals surface area contributed by atoms with E-state index in [4.69, 9.17) is 4.98 Å². The number of thiazole rings is 1. The summed E-state index contributed by atoms with van der Waals surface area (Å²) in [4.78, 5) is 25.6. The van der Waals surface area contributed by atoms with Crippen LogP contribution in [0.25, 0.3) is 32.0 Å². The normalized spacial score (nSPS) is 11.2. The Bertz CT molecular complexity index is 1050. The van der Waals surface area contributed by atoms with Crippen LogP contribution >= 0.6 is 11.3 Å². The van der Waals surface area contributed by atoms with Gasteiger partial charge in [0.05, 0.1) is 6.33 Å². The summed E-state index contributed by atoms with van der Waals surface area (Å²) in [6.07, 6.45) is 2.60. The number of anilines is 1. The molecule has 1 N–H and O–H groups in total. The van der Waals surface area contributed by atoms with E-state index in [-0.39, 0.29) is 0 Å². The molecule has 0 amide bonds. The fourth-order valence-corrected chi connectivity index (χ4v) is 3.56. The zero-order chi connectivity index (χ0) is 16.0. The van der Waals surface area contributed by atoms with Crippen molar-refractivity contribution < 1.29 is 4.79 Å². The largest absolute Gasteiger partial charge is 0.371 e. The number of aryl methyl sites for hydroxylation is 1. The number of fused-ring (bicyclic) bond motifs is 3. The number of nitrogens with zero attached hydrogens (tertiary/aromatic N) is 4. The maximum atomic E-state index is 11.0. The van der Waals surface area contributed by atoms with Crippen LogP contribution in [0.15, 0.2) is 30.6 Å². The molecule has 0 fully saturated rings. The van der Waals surface area contributed by atoms with Gasteiger partial charge in [0.25, 0.3) is 0 Å². The van der Waals surface area contributed by atoms with Crippen molar-refractivity contribution in [3.05, 3.63) is 36.2 Å². The molecule has 0 aliphatic carbocycles. The lowest BCUT2D eigenvalue weighted by Gasteiger charge is -2.01. The lowest BCUT2D eigenvalue weighted by Crippen LogP contribution is -1.95. The number of hydrogen-bond acceptors (Lipinski definition) is 6. The standard InChI is InChI=1S/C16H13N5OS/c1-17-14-11-13(21(2)8-18-11)12-16(20-14)23-15(19-12)10-5-3-4-9(6-10)7-22/h3-8H,1-2H3,(H,17,20). The summed E-state index contributed by atoms with van der Waals surface area (Å²) in [5.74, 6) is 0.741. The van der Waals surface area contributed by atoms with E-state index in [1.54, 1.807) is 12.4 Å². The first-order valence-corrected chi connectivity index (χ1v) is 7.88. The number of aromatic nitrogens is 4. The first-order valence-electron chi connectivity index (χ1n) is 7.06. The summed E-state index contributed by atoms with van der Waals surface area (Å²) in [5.41, 5.74) is 4.14. The summed E-state index contributed by atoms with van der Waals surface area (Å²) >= 11 is 1.51. The molecule has 1 aromatic carbocycles. The molecule has 4 rings (SSSR count). The third-order valence-corrected chi connectivity index (χ3v) is 4.71. The molecule has 0 bridgehead atoms. The van der Waals surface area contributed by atoms with E-state index >= 15 is 0 Å². The van der Waals surface area contributed by atoms with E-state index in [0.717, 1.165) is 44.1 Å². The highest BCUT2D eigenvalue weighted by Crippen LogP contribution is 2.35. The van der Waals surface area contributed by atoms with Crippen LogP contribution in [0.2, 0.25) is 0 Å². The van der Waals surface area contributed by atoms with Gasteiger partial charge in [0.1, 0.15) is 32.7 Å². The van der Waals surface area contributed by atoms with Gasteiger partial charge in [-0.3, -0.25) is 4.79 Å². The van der Waals surface area contributed by atoms with Gasteiger partial charge in [0.2, 0.25) is 0 Å². The predicted molar refractivity (Wildman–Crippen MR) is 92.1 cm³/mol. The van der Waals surface area contributed by atoms with Crippen LogP contribution in [-0.2, 0) is 7.05 Å². The molecule has 3 heterocycles. The van der Waals surface area contributed by atoms with Crippen LogP contribution < -0.4 is 5.32 Å². The number of carbonyl (C=O) groups is 1. The van der Waals surface area contributed by atoms with Crippen LogP contribution in [-0.4, -0.2) is 32.9 Å². The molecule has 0 saturated heterocycles. The number of aldehydes is 1. The van der Waals surface area contributed by atoms with E-state index < -0.39 is 0 Å². The van der Waals surface area contributed by atoms with Gasteiger partial charge in [-0.1, -0.05) is 29.5 Å². The molecule has 6 nitrogen and oxygen atoms in total. The van der Waals surface area contributed by atoms with E-state index in [1.807, 2.05) is 36.9 Å². The number of rotatable bonds is 3. The molecular weight excluding hydrogens is 310 g/mol. The third-order valence-electron chi connectivity index (χ3n) is 3.71. The van der Waals surface area contributed by atoms with Crippen LogP contribution in [0.4, 0.5) is 5.82 Å². The number of benzene rings is 1. The van der Waals surface area contributed by atoms with Crippen molar-refractivity contribution in [1.29, 1.82) is 0 Å². The van der Waals surface area contributed by atoms with E-state index in [9.17, 15) is 4.79 Å². The first-order chi connectivity index (χ1) is 11.2. The van der Waals surface area contributed by atoms with Gasteiger partial charge in [-0.05, 0) is 6.07 Å². The molecule has 0 aliphatic rings. The SMILES string of the molecule is CNc1nc2sc(-c3cccc(C=O)c3)nc2c2c1ncn2C. The van der Waals surface area contributed by atoms with Crippen molar-refractivity contribution in [2.24, 2.45) is 7.05 Å². The third kappa shape index (κ3) is 2.08. The molecular formula is C16H13N5OS. The second kappa shape index (κ2) is 5.13. The smallest absolute Gasteiger partial charge is 0.155 e. The number of hydrogen-bond donors (Lipinski definition) is 1. The molecule has 114 valence electrons. The quantitative estimate of drug-likeness (QED) is 0.587. The Morgan fingerprint density at radius 1 is 1.26 bits per heavy atom. The molecule has 0 aliphatic heterocycles. The average molecular weight is 323 g/mol. The van der Waals surface area contributed by atoms with Crippen LogP contribution in [0.3, 0.4) is 0 Å². The van der Waals surface area contributed by atoms with Gasteiger partial charge in [-0.2, -0.15) is 0 Å². The topological polar surface area (TPSA) is 72.7 Å². The summed E-state index contributed by atoms with van der Waals surface area (Å²) in [6.45, 7) is 0. The minimum absolute atomic E-state index is 0.635. The highest BCUT2D eigenvalue weighted by Gasteiger charge is 2.17. The monoisotopic (exact) mass is 323 g/mol. The number of imidazole rings is 1. The van der Waals surface area contributed by atoms with Gasteiger partial charge in [0.15, 0.2) is 5.82 Å². The highest BCUT2D eigenvalue weighted by atomic mass is 32.1. The Morgan fingerprint density at radius 3 is 2.91 bits per heavy atom. The molecule has 0 atom stereocenters. The highest BCUT2D eigenvalue weighted by molar-refractivity contribution is 7.21. The summed E-state index contributed by atoms with van der Waals surface area (Å²) in [5, 5.41) is 3.93. The summed E-state index contributed by atoms with van der Waals surface area (Å²) in [7, 11) is 3.78. The molecule has 0 radical (unpaired) electrons. The van der Waals surface area contributed by atoms with Crippen molar-refractivity contribution in [2.45, 2.75) is 0 Å². The number of nitrogens with one attached hydrogen (secondary N) is 1. The van der Waals surface area contributed by atoms with Gasteiger partial charge in [-0.25, -0.2) is 15.0 Å². The van der Waals surface area contributed by atoms with E-state index in [1.165, 1.54) is 11.3 Å². The summed E-state index contributed by atoms with van der Waals surface area (Å²) in [6, 6.07) is 7.42. The van der Waals surface area contributed by atoms with Crippen molar-refractivity contribution in [1.82, 2.24) is 19.5 Å². The van der Waals surface area contributed by atoms with Gasteiger partial charge >= 0.3 is 0 Å². The Labute approximate surface area is 135 Å². The molecule has 4 aromatic rings. The fourth-order valence-electron chi connectivity index (χ4n) is 2.62. The lowest BCUT2D eigenvalue weighted by atomic mass is 10.1. The van der Waals surface area contributed by atoms with Crippen molar-refractivity contribution in [3.8, 4) is 10.6 Å². The molecule has 7 heteroatoms. The Balaban J connectivity index is 2.02. The minimum atomic E-state index is 0.635. The number of pyridine rings is 1. The van der Waals surface area contributed by atoms with Crippen molar-refractivity contribution >= 4 is 44.8 Å². The van der Waals surface area contributed by atoms with Crippen molar-refractivity contribution in [3.63, 3.8) is 0 Å². The Hall–Kier alpha value is -2.80. The summed E-state index contributed by atoms with van der Waals surface area (Å²) < 4.78 is 1.95. The first kappa shape index (κ1) is 13.8. The van der Waals surface area contributed by atoms with E-state index in [2.05, 4.69) is 15.3 Å². The second-order valence-electron chi connectivity index (χ2n) is 5.18. The minimum Gasteiger partial charge on any atom is -0.371 e. The lowest BCUT2D eigenvalue weighted by molar-refractivity contribution is 0.112. The zero-order valence-electron chi connectivity index (χ0n) is 12.6. The van der Waals surface area contributed by atoms with Gasteiger partial charge < -0.3 is 9.88 Å². The molecule has 0 saturated carbocycles. The fraction of sp³-hybridized carbons (Fsp3) is 0.125. The van der Waals surface area contributed by atoms with Crippen molar-refractivity contribution in [2.75, 3.05) is 12.4 Å². The van der Waals surface area contributed by atoms with Crippen LogP contribution in [0.5, 0.6) is 0 Å². The van der Waals surface area contributed by atoms with Gasteiger partial charge in [-0.15, -0.1) is 0 Å². The second-order valence-corrected chi connectivity index (χ2v) is 6.16. The van der Waals surface area contributed by atoms with Crippen LogP contribution in [0.1, 0.15) is 10.4 Å². The predicted octanol–water partition coefficient (Wildman–Crippen LogP) is 3.10. The molecule has 3 aromatic heterocycles. The van der Waals surface area contributed by atoms with Crippen LogP contribution in [0, 0.1) is 0 Å². The maximum absolute atomic E-state index is 11.0. The van der Waals surface area contributed by atoms with Gasteiger partial charge in [0, 0.05) is 25.2 Å². The maximum Gasteiger partial charge on any atom is 0.155 e. The molecule has 0 unspecified atom stereocenters. The van der Waals surface area contributed by atoms with E-state index in [0.29, 0.717) is 5.56 Å². The average Bonchev–Trinajstić information content (AvgIpc) is 3.17. The molecule has 0 spiro atoms. The molecule has 23 heavy (non-hydrogen) atoms. The Kier molecular flexibility index (Phi) is 3.09. The Morgan fingerprint density at radius 2 is 2.13 bits per heavy atom. The zero-order valence-corrected chi connectivity index (χ0v) is 13.4. The number of carbonyl (C=O) groups excluding carboxylic acids is 1.